The molecule has 0 spiro atoms. The van der Waals surface area contributed by atoms with Crippen molar-refractivity contribution in [2.45, 2.75) is 13.3 Å². The minimum atomic E-state index is -0.366. The number of rotatable bonds is 6. The number of ether oxygens (including phenoxy) is 2. The van der Waals surface area contributed by atoms with Gasteiger partial charge in [-0.25, -0.2) is 4.39 Å². The molecule has 21 heavy (non-hydrogen) atoms. The van der Waals surface area contributed by atoms with Gasteiger partial charge in [-0.15, -0.1) is 0 Å². The second kappa shape index (κ2) is 6.78. The van der Waals surface area contributed by atoms with E-state index in [-0.39, 0.29) is 5.82 Å². The SMILES string of the molecule is CCCOc1nc(Nc2ccc(F)cc2OC)ccc1N. The summed E-state index contributed by atoms with van der Waals surface area (Å²) in [5.41, 5.74) is 6.89. The lowest BCUT2D eigenvalue weighted by molar-refractivity contribution is 0.307. The second-order valence-electron chi connectivity index (χ2n) is 4.41. The third-order valence-corrected chi connectivity index (χ3v) is 2.76. The highest BCUT2D eigenvalue weighted by atomic mass is 19.1. The fourth-order valence-corrected chi connectivity index (χ4v) is 1.74. The van der Waals surface area contributed by atoms with E-state index in [1.165, 1.54) is 19.2 Å². The first-order chi connectivity index (χ1) is 10.1. The molecule has 0 fully saturated rings. The molecule has 1 aromatic heterocycles. The molecule has 1 heterocycles. The molecule has 0 saturated carbocycles. The predicted octanol–water partition coefficient (Wildman–Crippen LogP) is 3.34. The molecule has 0 aliphatic carbocycles. The van der Waals surface area contributed by atoms with Crippen LogP contribution >= 0.6 is 0 Å². The monoisotopic (exact) mass is 291 g/mol. The van der Waals surface area contributed by atoms with Gasteiger partial charge in [-0.2, -0.15) is 4.98 Å². The van der Waals surface area contributed by atoms with Crippen LogP contribution in [-0.4, -0.2) is 18.7 Å². The topological polar surface area (TPSA) is 69.4 Å². The van der Waals surface area contributed by atoms with E-state index in [0.717, 1.165) is 6.42 Å². The molecule has 2 aromatic rings. The normalized spacial score (nSPS) is 10.2. The van der Waals surface area contributed by atoms with E-state index >= 15 is 0 Å². The van der Waals surface area contributed by atoms with Gasteiger partial charge in [-0.1, -0.05) is 6.92 Å². The van der Waals surface area contributed by atoms with E-state index in [4.69, 9.17) is 15.2 Å². The summed E-state index contributed by atoms with van der Waals surface area (Å²) in [4.78, 5) is 4.30. The second-order valence-corrected chi connectivity index (χ2v) is 4.41. The maximum atomic E-state index is 13.2. The Morgan fingerprint density at radius 1 is 1.29 bits per heavy atom. The number of aromatic nitrogens is 1. The van der Waals surface area contributed by atoms with Gasteiger partial charge >= 0.3 is 0 Å². The van der Waals surface area contributed by atoms with Gasteiger partial charge in [-0.3, -0.25) is 0 Å². The Balaban J connectivity index is 2.23. The van der Waals surface area contributed by atoms with Crippen LogP contribution in [0.5, 0.6) is 11.6 Å². The van der Waals surface area contributed by atoms with Crippen LogP contribution in [0.2, 0.25) is 0 Å². The summed E-state index contributed by atoms with van der Waals surface area (Å²) < 4.78 is 23.8. The molecule has 0 aliphatic rings. The van der Waals surface area contributed by atoms with Crippen molar-refractivity contribution in [1.29, 1.82) is 0 Å². The molecule has 0 amide bonds. The van der Waals surface area contributed by atoms with E-state index in [2.05, 4.69) is 10.3 Å². The first-order valence-corrected chi connectivity index (χ1v) is 6.64. The highest BCUT2D eigenvalue weighted by Gasteiger charge is 2.08. The third kappa shape index (κ3) is 3.75. The minimum absolute atomic E-state index is 0.366. The quantitative estimate of drug-likeness (QED) is 0.854. The lowest BCUT2D eigenvalue weighted by Gasteiger charge is -2.12. The molecule has 1 aromatic carbocycles. The smallest absolute Gasteiger partial charge is 0.239 e. The van der Waals surface area contributed by atoms with Gasteiger partial charge in [0.2, 0.25) is 5.88 Å². The number of hydrogen-bond donors (Lipinski definition) is 2. The third-order valence-electron chi connectivity index (χ3n) is 2.76. The molecule has 0 aliphatic heterocycles. The van der Waals surface area contributed by atoms with E-state index in [1.807, 2.05) is 6.92 Å². The molecule has 3 N–H and O–H groups in total. The van der Waals surface area contributed by atoms with Crippen molar-refractivity contribution in [3.05, 3.63) is 36.1 Å². The van der Waals surface area contributed by atoms with Crippen LogP contribution < -0.4 is 20.5 Å². The predicted molar refractivity (Wildman–Crippen MR) is 80.7 cm³/mol. The van der Waals surface area contributed by atoms with Crippen LogP contribution in [0.1, 0.15) is 13.3 Å². The summed E-state index contributed by atoms with van der Waals surface area (Å²) in [5.74, 6) is 0.947. The van der Waals surface area contributed by atoms with E-state index in [9.17, 15) is 4.39 Å². The number of nitrogens with two attached hydrogens (primary N) is 1. The van der Waals surface area contributed by atoms with Gasteiger partial charge in [0.15, 0.2) is 0 Å². The van der Waals surface area contributed by atoms with E-state index in [0.29, 0.717) is 35.4 Å². The number of pyridine rings is 1. The zero-order valence-electron chi connectivity index (χ0n) is 12.0. The number of benzene rings is 1. The zero-order chi connectivity index (χ0) is 15.2. The molecule has 0 bridgehead atoms. The Kier molecular flexibility index (Phi) is 4.81. The number of methoxy groups -OCH3 is 1. The fourth-order valence-electron chi connectivity index (χ4n) is 1.74. The minimum Gasteiger partial charge on any atom is -0.494 e. The molecule has 5 nitrogen and oxygen atoms in total. The zero-order valence-corrected chi connectivity index (χ0v) is 12.0. The van der Waals surface area contributed by atoms with Crippen LogP contribution in [-0.2, 0) is 0 Å². The number of hydrogen-bond acceptors (Lipinski definition) is 5. The van der Waals surface area contributed by atoms with E-state index in [1.54, 1.807) is 18.2 Å². The Labute approximate surface area is 122 Å². The number of nitrogens with zero attached hydrogens (tertiary/aromatic N) is 1. The molecule has 0 atom stereocenters. The van der Waals surface area contributed by atoms with E-state index < -0.39 is 0 Å². The first kappa shape index (κ1) is 14.9. The van der Waals surface area contributed by atoms with Gasteiger partial charge in [0, 0.05) is 6.07 Å². The van der Waals surface area contributed by atoms with Gasteiger partial charge < -0.3 is 20.5 Å². The Morgan fingerprint density at radius 2 is 2.10 bits per heavy atom. The van der Waals surface area contributed by atoms with Crippen LogP contribution in [0.15, 0.2) is 30.3 Å². The summed E-state index contributed by atoms with van der Waals surface area (Å²) in [7, 11) is 1.48. The van der Waals surface area contributed by atoms with Crippen LogP contribution in [0.25, 0.3) is 0 Å². The molecular weight excluding hydrogens is 273 g/mol. The van der Waals surface area contributed by atoms with Crippen LogP contribution in [0.4, 0.5) is 21.6 Å². The maximum Gasteiger partial charge on any atom is 0.239 e. The molecule has 0 unspecified atom stereocenters. The maximum absolute atomic E-state index is 13.2. The van der Waals surface area contributed by atoms with Crippen LogP contribution in [0.3, 0.4) is 0 Å². The van der Waals surface area contributed by atoms with Crippen molar-refractivity contribution in [2.75, 3.05) is 24.8 Å². The molecule has 0 saturated heterocycles. The highest BCUT2D eigenvalue weighted by molar-refractivity contribution is 5.66. The highest BCUT2D eigenvalue weighted by Crippen LogP contribution is 2.29. The van der Waals surface area contributed by atoms with Gasteiger partial charge in [-0.05, 0) is 30.7 Å². The number of nitrogens with one attached hydrogen (secondary N) is 1. The van der Waals surface area contributed by atoms with Crippen molar-refractivity contribution >= 4 is 17.2 Å². The summed E-state index contributed by atoms with van der Waals surface area (Å²) in [5, 5.41) is 3.06. The van der Waals surface area contributed by atoms with Crippen LogP contribution in [0, 0.1) is 5.82 Å². The lowest BCUT2D eigenvalue weighted by atomic mass is 10.2. The van der Waals surface area contributed by atoms with Crippen molar-refractivity contribution < 1.29 is 13.9 Å². The molecule has 112 valence electrons. The summed E-state index contributed by atoms with van der Waals surface area (Å²) in [6.45, 7) is 2.54. The standard InChI is InChI=1S/C15H18FN3O2/c1-3-8-21-15-11(17)5-7-14(19-15)18-12-6-4-10(16)9-13(12)20-2/h4-7,9H,3,8,17H2,1-2H3,(H,18,19). The molecule has 0 radical (unpaired) electrons. The fraction of sp³-hybridized carbons (Fsp3) is 0.267. The summed E-state index contributed by atoms with van der Waals surface area (Å²) in [6.07, 6.45) is 0.866. The van der Waals surface area contributed by atoms with Crippen molar-refractivity contribution in [3.63, 3.8) is 0 Å². The van der Waals surface area contributed by atoms with Gasteiger partial charge in [0.25, 0.3) is 0 Å². The molecule has 2 rings (SSSR count). The number of halogens is 1. The lowest BCUT2D eigenvalue weighted by Crippen LogP contribution is -2.04. The van der Waals surface area contributed by atoms with Crippen molar-refractivity contribution in [2.24, 2.45) is 0 Å². The Morgan fingerprint density at radius 3 is 2.81 bits per heavy atom. The molecular formula is C15H18FN3O2. The summed E-state index contributed by atoms with van der Waals surface area (Å²) >= 11 is 0. The Hall–Kier alpha value is -2.50. The number of anilines is 3. The van der Waals surface area contributed by atoms with Crippen molar-refractivity contribution in [3.8, 4) is 11.6 Å². The van der Waals surface area contributed by atoms with Gasteiger partial charge in [0.05, 0.1) is 25.1 Å². The largest absolute Gasteiger partial charge is 0.494 e. The van der Waals surface area contributed by atoms with Gasteiger partial charge in [0.1, 0.15) is 17.4 Å². The number of nitrogen functional groups attached to an aromatic ring is 1. The summed E-state index contributed by atoms with van der Waals surface area (Å²) in [6, 6.07) is 7.65. The Bertz CT molecular complexity index is 620. The molecule has 6 heteroatoms. The first-order valence-electron chi connectivity index (χ1n) is 6.64. The average Bonchev–Trinajstić information content (AvgIpc) is 2.49. The average molecular weight is 291 g/mol. The van der Waals surface area contributed by atoms with Crippen molar-refractivity contribution in [1.82, 2.24) is 4.98 Å².